The number of aryl methyl sites for hydroxylation is 1. The highest BCUT2D eigenvalue weighted by Gasteiger charge is 2.24. The summed E-state index contributed by atoms with van der Waals surface area (Å²) < 4.78 is 5.46. The lowest BCUT2D eigenvalue weighted by Gasteiger charge is -2.11. The third-order valence-electron chi connectivity index (χ3n) is 6.57. The molecule has 1 heterocycles. The van der Waals surface area contributed by atoms with Gasteiger partial charge in [-0.2, -0.15) is 0 Å². The van der Waals surface area contributed by atoms with Crippen LogP contribution in [0.1, 0.15) is 62.1 Å². The molecule has 4 heteroatoms. The summed E-state index contributed by atoms with van der Waals surface area (Å²) in [5, 5.41) is 0. The summed E-state index contributed by atoms with van der Waals surface area (Å²) >= 11 is 0. The van der Waals surface area contributed by atoms with Gasteiger partial charge in [-0.25, -0.2) is 9.79 Å². The molecule has 1 aliphatic rings. The largest absolute Gasteiger partial charge is 0.402 e. The number of hydrogen-bond acceptors (Lipinski definition) is 4. The molecule has 0 saturated carbocycles. The van der Waals surface area contributed by atoms with Crippen LogP contribution < -0.4 is 4.90 Å². The van der Waals surface area contributed by atoms with Crippen LogP contribution in [0.25, 0.3) is 17.2 Å². The summed E-state index contributed by atoms with van der Waals surface area (Å²) in [6, 6.07) is 24.8. The van der Waals surface area contributed by atoms with Gasteiger partial charge in [-0.05, 0) is 65.4 Å². The second kappa shape index (κ2) is 12.3. The molecule has 0 spiro atoms. The summed E-state index contributed by atoms with van der Waals surface area (Å²) in [7, 11) is 3.99. The van der Waals surface area contributed by atoms with E-state index in [1.54, 1.807) is 6.08 Å². The van der Waals surface area contributed by atoms with Gasteiger partial charge in [-0.3, -0.25) is 0 Å². The Morgan fingerprint density at radius 1 is 0.750 bits per heavy atom. The Bertz CT molecular complexity index is 1200. The fourth-order valence-corrected chi connectivity index (χ4v) is 4.34. The number of cyclic esters (lactones) is 1. The van der Waals surface area contributed by atoms with E-state index >= 15 is 0 Å². The van der Waals surface area contributed by atoms with Crippen LogP contribution in [-0.2, 0) is 16.0 Å². The van der Waals surface area contributed by atoms with Crippen LogP contribution in [0, 0.1) is 0 Å². The normalized spacial score (nSPS) is 14.1. The number of carbonyl (C=O) groups excluding carboxylic acids is 1. The molecule has 0 amide bonds. The summed E-state index contributed by atoms with van der Waals surface area (Å²) in [6.45, 7) is 2.26. The first-order chi connectivity index (χ1) is 17.5. The van der Waals surface area contributed by atoms with E-state index in [1.807, 2.05) is 55.4 Å². The average molecular weight is 481 g/mol. The average Bonchev–Trinajstić information content (AvgIpc) is 3.27. The van der Waals surface area contributed by atoms with Gasteiger partial charge < -0.3 is 9.64 Å². The van der Waals surface area contributed by atoms with Crippen LogP contribution in [0.5, 0.6) is 0 Å². The molecule has 0 unspecified atom stereocenters. The van der Waals surface area contributed by atoms with Crippen molar-refractivity contribution in [2.24, 2.45) is 4.99 Å². The standard InChI is InChI=1S/C32H36N2O2/c1-4-5-6-7-8-9-10-24-11-15-26(16-12-24)27-17-19-28(20-18-27)31-33-30(32(35)36-31)23-25-13-21-29(22-14-25)34(2)3/h11-23H,4-10H2,1-3H3/b30-23-. The Balaban J connectivity index is 1.37. The van der Waals surface area contributed by atoms with Crippen molar-refractivity contribution in [3.8, 4) is 11.1 Å². The van der Waals surface area contributed by atoms with Crippen molar-refractivity contribution in [2.75, 3.05) is 19.0 Å². The number of anilines is 1. The van der Waals surface area contributed by atoms with Crippen molar-refractivity contribution in [1.82, 2.24) is 0 Å². The zero-order valence-corrected chi connectivity index (χ0v) is 21.7. The summed E-state index contributed by atoms with van der Waals surface area (Å²) in [5.74, 6) is -0.0799. The summed E-state index contributed by atoms with van der Waals surface area (Å²) in [6.07, 6.45) is 10.8. The third kappa shape index (κ3) is 6.72. The fourth-order valence-electron chi connectivity index (χ4n) is 4.34. The van der Waals surface area contributed by atoms with Gasteiger partial charge in [0, 0.05) is 25.3 Å². The van der Waals surface area contributed by atoms with Gasteiger partial charge in [0.05, 0.1) is 0 Å². The molecule has 4 nitrogen and oxygen atoms in total. The van der Waals surface area contributed by atoms with Crippen LogP contribution in [-0.4, -0.2) is 26.0 Å². The van der Waals surface area contributed by atoms with Crippen molar-refractivity contribution in [3.63, 3.8) is 0 Å². The molecule has 0 bridgehead atoms. The number of unbranched alkanes of at least 4 members (excludes halogenated alkanes) is 5. The molecule has 1 aliphatic heterocycles. The number of carbonyl (C=O) groups is 1. The number of aliphatic imine (C=N–C) groups is 1. The Kier molecular flexibility index (Phi) is 8.72. The summed E-state index contributed by atoms with van der Waals surface area (Å²) in [5.41, 5.74) is 6.82. The molecule has 0 atom stereocenters. The third-order valence-corrected chi connectivity index (χ3v) is 6.57. The zero-order chi connectivity index (χ0) is 25.3. The van der Waals surface area contributed by atoms with Gasteiger partial charge >= 0.3 is 5.97 Å². The number of rotatable bonds is 11. The van der Waals surface area contributed by atoms with Crippen LogP contribution >= 0.6 is 0 Å². The van der Waals surface area contributed by atoms with Gasteiger partial charge in [0.15, 0.2) is 5.70 Å². The monoisotopic (exact) mass is 480 g/mol. The molecule has 0 aromatic heterocycles. The van der Waals surface area contributed by atoms with Crippen molar-refractivity contribution < 1.29 is 9.53 Å². The van der Waals surface area contributed by atoms with Crippen molar-refractivity contribution in [2.45, 2.75) is 51.9 Å². The van der Waals surface area contributed by atoms with Crippen molar-refractivity contribution >= 4 is 23.6 Å². The van der Waals surface area contributed by atoms with E-state index in [4.69, 9.17) is 4.74 Å². The molecule has 36 heavy (non-hydrogen) atoms. The highest BCUT2D eigenvalue weighted by atomic mass is 16.6. The SMILES string of the molecule is CCCCCCCCc1ccc(-c2ccc(C3=N/C(=C\c4ccc(N(C)C)cc4)C(=O)O3)cc2)cc1. The first-order valence-electron chi connectivity index (χ1n) is 13.0. The van der Waals surface area contributed by atoms with Crippen LogP contribution in [0.15, 0.2) is 83.5 Å². The molecule has 186 valence electrons. The van der Waals surface area contributed by atoms with Gasteiger partial charge in [-0.1, -0.05) is 87.6 Å². The maximum absolute atomic E-state index is 12.4. The minimum absolute atomic E-state index is 0.313. The highest BCUT2D eigenvalue weighted by molar-refractivity contribution is 6.13. The van der Waals surface area contributed by atoms with Gasteiger partial charge in [0.25, 0.3) is 0 Å². The number of nitrogens with zero attached hydrogens (tertiary/aromatic N) is 2. The zero-order valence-electron chi connectivity index (χ0n) is 21.7. The molecule has 3 aromatic rings. The smallest absolute Gasteiger partial charge is 0.363 e. The van der Waals surface area contributed by atoms with Gasteiger partial charge in [-0.15, -0.1) is 0 Å². The van der Waals surface area contributed by atoms with Crippen LogP contribution in [0.2, 0.25) is 0 Å². The number of benzene rings is 3. The Morgan fingerprint density at radius 3 is 1.97 bits per heavy atom. The lowest BCUT2D eigenvalue weighted by Crippen LogP contribution is -2.08. The molecule has 4 rings (SSSR count). The Hall–Kier alpha value is -3.66. The molecule has 0 fully saturated rings. The molecule has 0 aliphatic carbocycles. The van der Waals surface area contributed by atoms with Gasteiger partial charge in [0.2, 0.25) is 5.90 Å². The van der Waals surface area contributed by atoms with Gasteiger partial charge in [0.1, 0.15) is 0 Å². The first-order valence-corrected chi connectivity index (χ1v) is 13.0. The molecule has 0 saturated heterocycles. The minimum Gasteiger partial charge on any atom is -0.402 e. The number of ether oxygens (including phenoxy) is 1. The summed E-state index contributed by atoms with van der Waals surface area (Å²) in [4.78, 5) is 18.9. The quantitative estimate of drug-likeness (QED) is 0.161. The molecule has 3 aromatic carbocycles. The van der Waals surface area contributed by atoms with E-state index in [2.05, 4.69) is 48.3 Å². The molecular weight excluding hydrogens is 444 g/mol. The maximum atomic E-state index is 12.4. The van der Waals surface area contributed by atoms with Crippen molar-refractivity contribution in [1.29, 1.82) is 0 Å². The van der Waals surface area contributed by atoms with Crippen LogP contribution in [0.3, 0.4) is 0 Å². The second-order valence-corrected chi connectivity index (χ2v) is 9.61. The van der Waals surface area contributed by atoms with Crippen molar-refractivity contribution in [3.05, 3.63) is 95.2 Å². The predicted molar refractivity (Wildman–Crippen MR) is 150 cm³/mol. The Morgan fingerprint density at radius 2 is 1.33 bits per heavy atom. The van der Waals surface area contributed by atoms with E-state index in [9.17, 15) is 4.79 Å². The molecule has 0 radical (unpaired) electrons. The van der Waals surface area contributed by atoms with E-state index in [0.29, 0.717) is 11.6 Å². The number of hydrogen-bond donors (Lipinski definition) is 0. The lowest BCUT2D eigenvalue weighted by atomic mass is 10.00. The van der Waals surface area contributed by atoms with E-state index in [0.717, 1.165) is 28.8 Å². The number of esters is 1. The first kappa shape index (κ1) is 25.4. The second-order valence-electron chi connectivity index (χ2n) is 9.61. The van der Waals surface area contributed by atoms with Crippen LogP contribution in [0.4, 0.5) is 5.69 Å². The maximum Gasteiger partial charge on any atom is 0.363 e. The predicted octanol–water partition coefficient (Wildman–Crippen LogP) is 7.67. The minimum atomic E-state index is -0.424. The Labute approximate surface area is 215 Å². The highest BCUT2D eigenvalue weighted by Crippen LogP contribution is 2.24. The fraction of sp³-hybridized carbons (Fsp3) is 0.312. The van der Waals surface area contributed by atoms with E-state index < -0.39 is 5.97 Å². The van der Waals surface area contributed by atoms with E-state index in [1.165, 1.54) is 49.7 Å². The molecule has 0 N–H and O–H groups in total. The topological polar surface area (TPSA) is 41.9 Å². The van der Waals surface area contributed by atoms with E-state index in [-0.39, 0.29) is 0 Å². The molecular formula is C32H36N2O2. The lowest BCUT2D eigenvalue weighted by molar-refractivity contribution is -0.129.